The fourth-order valence-electron chi connectivity index (χ4n) is 4.94. The molecule has 2 aliphatic rings. The highest BCUT2D eigenvalue weighted by atomic mass is 32.2. The van der Waals surface area contributed by atoms with Gasteiger partial charge in [0.1, 0.15) is 0 Å². The van der Waals surface area contributed by atoms with Gasteiger partial charge in [0.15, 0.2) is 9.84 Å². The highest BCUT2D eigenvalue weighted by molar-refractivity contribution is 7.99. The third kappa shape index (κ3) is 6.90. The first-order valence-corrected chi connectivity index (χ1v) is 15.9. The van der Waals surface area contributed by atoms with E-state index in [2.05, 4.69) is 46.0 Å². The molecule has 38 heavy (non-hydrogen) atoms. The first kappa shape index (κ1) is 28.5. The van der Waals surface area contributed by atoms with Gasteiger partial charge >= 0.3 is 0 Å². The Morgan fingerprint density at radius 1 is 1.11 bits per heavy atom. The maximum atomic E-state index is 12.9. The summed E-state index contributed by atoms with van der Waals surface area (Å²) in [6.45, 7) is 11.5. The summed E-state index contributed by atoms with van der Waals surface area (Å²) in [6.07, 6.45) is 8.46. The van der Waals surface area contributed by atoms with Crippen molar-refractivity contribution in [2.24, 2.45) is 0 Å². The third-order valence-electron chi connectivity index (χ3n) is 7.13. The Labute approximate surface area is 232 Å². The molecule has 0 atom stereocenters. The molecule has 204 valence electrons. The number of hydrogen-bond acceptors (Lipinski definition) is 6. The molecule has 0 saturated carbocycles. The van der Waals surface area contributed by atoms with Gasteiger partial charge in [-0.1, -0.05) is 41.6 Å². The molecule has 0 aliphatic carbocycles. The predicted octanol–water partition coefficient (Wildman–Crippen LogP) is 5.97. The molecule has 2 aromatic carbocycles. The third-order valence-corrected chi connectivity index (χ3v) is 10.4. The largest absolute Gasteiger partial charge is 0.355 e. The molecule has 0 aromatic heterocycles. The van der Waals surface area contributed by atoms with E-state index in [9.17, 15) is 13.2 Å². The van der Waals surface area contributed by atoms with Gasteiger partial charge in [-0.15, -0.1) is 6.58 Å². The van der Waals surface area contributed by atoms with Crippen molar-refractivity contribution in [1.29, 1.82) is 0 Å². The van der Waals surface area contributed by atoms with E-state index >= 15 is 0 Å². The van der Waals surface area contributed by atoms with Crippen LogP contribution in [0.1, 0.15) is 46.0 Å². The van der Waals surface area contributed by atoms with Crippen molar-refractivity contribution in [2.75, 3.05) is 37.6 Å². The lowest BCUT2D eigenvalue weighted by Gasteiger charge is -2.33. The van der Waals surface area contributed by atoms with E-state index in [4.69, 9.17) is 0 Å². The van der Waals surface area contributed by atoms with E-state index in [1.165, 1.54) is 10.5 Å². The highest BCUT2D eigenvalue weighted by Gasteiger charge is 2.27. The topological polar surface area (TPSA) is 69.7 Å². The zero-order chi connectivity index (χ0) is 27.1. The minimum absolute atomic E-state index is 0.0295. The molecular formula is C30H39N3O3S2. The number of benzene rings is 2. The Morgan fingerprint density at radius 2 is 1.89 bits per heavy atom. The first-order valence-electron chi connectivity index (χ1n) is 13.5. The summed E-state index contributed by atoms with van der Waals surface area (Å²) in [7, 11) is -3.35. The minimum Gasteiger partial charge on any atom is -0.355 e. The lowest BCUT2D eigenvalue weighted by atomic mass is 10.1. The van der Waals surface area contributed by atoms with Crippen LogP contribution in [0.15, 0.2) is 81.5 Å². The molecule has 6 nitrogen and oxygen atoms in total. The van der Waals surface area contributed by atoms with Crippen LogP contribution in [0.2, 0.25) is 0 Å². The maximum Gasteiger partial charge on any atom is 0.223 e. The maximum absolute atomic E-state index is 12.9. The lowest BCUT2D eigenvalue weighted by Crippen LogP contribution is -2.35. The number of carbonyl (C=O) groups is 1. The second-order valence-corrected chi connectivity index (χ2v) is 13.7. The lowest BCUT2D eigenvalue weighted by molar-refractivity contribution is -0.120. The van der Waals surface area contributed by atoms with Crippen molar-refractivity contribution in [1.82, 2.24) is 10.2 Å². The molecule has 0 saturated heterocycles. The van der Waals surface area contributed by atoms with E-state index in [0.29, 0.717) is 17.9 Å². The first-order chi connectivity index (χ1) is 18.3. The fraction of sp³-hybridized carbons (Fsp3) is 0.433. The second kappa shape index (κ2) is 13.0. The summed E-state index contributed by atoms with van der Waals surface area (Å²) < 4.78 is 25.8. The number of nitrogens with one attached hydrogen (secondary N) is 1. The van der Waals surface area contributed by atoms with Crippen LogP contribution in [0.25, 0.3) is 0 Å². The average Bonchev–Trinajstić information content (AvgIpc) is 3.13. The van der Waals surface area contributed by atoms with Crippen molar-refractivity contribution in [2.45, 2.75) is 65.9 Å². The van der Waals surface area contributed by atoms with Crippen molar-refractivity contribution in [3.05, 3.63) is 66.8 Å². The van der Waals surface area contributed by atoms with Crippen molar-refractivity contribution < 1.29 is 13.2 Å². The molecule has 2 aliphatic heterocycles. The van der Waals surface area contributed by atoms with E-state index < -0.39 is 15.1 Å². The molecule has 0 fully saturated rings. The number of para-hydroxylation sites is 1. The Hall–Kier alpha value is -2.55. The quantitative estimate of drug-likeness (QED) is 0.346. The van der Waals surface area contributed by atoms with E-state index in [0.717, 1.165) is 68.1 Å². The van der Waals surface area contributed by atoms with Crippen LogP contribution < -0.4 is 10.2 Å². The summed E-state index contributed by atoms with van der Waals surface area (Å²) in [5, 5.41) is 2.50. The molecule has 0 bridgehead atoms. The van der Waals surface area contributed by atoms with Gasteiger partial charge in [0.25, 0.3) is 0 Å². The average molecular weight is 554 g/mol. The summed E-state index contributed by atoms with van der Waals surface area (Å²) in [4.78, 5) is 19.1. The molecule has 2 heterocycles. The molecule has 0 radical (unpaired) electrons. The Bertz CT molecular complexity index is 1290. The number of amides is 1. The Balaban J connectivity index is 1.39. The van der Waals surface area contributed by atoms with Crippen LogP contribution in [0.3, 0.4) is 0 Å². The van der Waals surface area contributed by atoms with Gasteiger partial charge in [-0.3, -0.25) is 4.79 Å². The van der Waals surface area contributed by atoms with Gasteiger partial charge in [-0.2, -0.15) is 0 Å². The van der Waals surface area contributed by atoms with Gasteiger partial charge in [-0.05, 0) is 69.9 Å². The molecule has 0 spiro atoms. The Morgan fingerprint density at radius 3 is 2.68 bits per heavy atom. The monoisotopic (exact) mass is 553 g/mol. The number of rotatable bonds is 11. The summed E-state index contributed by atoms with van der Waals surface area (Å²) in [6, 6.07) is 13.9. The van der Waals surface area contributed by atoms with Crippen LogP contribution in [-0.2, 0) is 14.6 Å². The molecule has 0 unspecified atom stereocenters. The fourth-order valence-corrected chi connectivity index (χ4v) is 7.09. The molecule has 1 N–H and O–H groups in total. The van der Waals surface area contributed by atoms with Crippen molar-refractivity contribution >= 4 is 38.9 Å². The highest BCUT2D eigenvalue weighted by Crippen LogP contribution is 2.48. The van der Waals surface area contributed by atoms with Crippen molar-refractivity contribution in [3.63, 3.8) is 0 Å². The van der Waals surface area contributed by atoms with Crippen LogP contribution >= 0.6 is 11.8 Å². The summed E-state index contributed by atoms with van der Waals surface area (Å²) in [5.41, 5.74) is 3.61. The number of nitrogens with zero attached hydrogens (tertiary/aromatic N) is 2. The van der Waals surface area contributed by atoms with Crippen molar-refractivity contribution in [3.8, 4) is 0 Å². The van der Waals surface area contributed by atoms with E-state index in [1.807, 2.05) is 18.2 Å². The molecule has 8 heteroatoms. The SMILES string of the molecule is C=CCC(=O)NCCN1CCC=C(CCCN2c3ccccc3Sc3ccc(S(=O)(=O)C(C)C)cc32)CC1. The Kier molecular flexibility index (Phi) is 9.74. The van der Waals surface area contributed by atoms with Crippen LogP contribution in [0.5, 0.6) is 0 Å². The minimum atomic E-state index is -3.35. The molecule has 1 amide bonds. The van der Waals surface area contributed by atoms with Gasteiger partial charge in [0.2, 0.25) is 5.91 Å². The van der Waals surface area contributed by atoms with Gasteiger partial charge in [0.05, 0.1) is 21.5 Å². The van der Waals surface area contributed by atoms with Crippen LogP contribution in [-0.4, -0.2) is 57.2 Å². The predicted molar refractivity (Wildman–Crippen MR) is 157 cm³/mol. The molecule has 4 rings (SSSR count). The smallest absolute Gasteiger partial charge is 0.223 e. The van der Waals surface area contributed by atoms with Gasteiger partial charge in [0, 0.05) is 48.9 Å². The summed E-state index contributed by atoms with van der Waals surface area (Å²) >= 11 is 1.70. The van der Waals surface area contributed by atoms with E-state index in [1.54, 1.807) is 37.8 Å². The van der Waals surface area contributed by atoms with Crippen LogP contribution in [0, 0.1) is 0 Å². The standard InChI is InChI=1S/C30H39N3O3S2/c1-4-9-30(34)31-17-21-32-18-7-10-24(16-20-32)11-8-19-33-26-12-5-6-13-28(26)37-29-15-14-25(22-27(29)33)38(35,36)23(2)3/h4-6,10,12-15,22-23H,1,7-9,11,16-21H2,2-3H3,(H,31,34). The number of sulfone groups is 1. The normalized spacial score (nSPS) is 15.9. The second-order valence-electron chi connectivity index (χ2n) is 10.1. The number of anilines is 2. The van der Waals surface area contributed by atoms with Gasteiger partial charge < -0.3 is 15.1 Å². The zero-order valence-corrected chi connectivity index (χ0v) is 24.1. The van der Waals surface area contributed by atoms with Gasteiger partial charge in [-0.25, -0.2) is 8.42 Å². The van der Waals surface area contributed by atoms with E-state index in [-0.39, 0.29) is 5.91 Å². The molecular weight excluding hydrogens is 514 g/mol. The summed E-state index contributed by atoms with van der Waals surface area (Å²) in [5.74, 6) is 0.0295. The zero-order valence-electron chi connectivity index (χ0n) is 22.5. The van der Waals surface area contributed by atoms with Crippen LogP contribution in [0.4, 0.5) is 11.4 Å². The number of hydrogen-bond donors (Lipinski definition) is 1. The number of fused-ring (bicyclic) bond motifs is 2. The molecule has 2 aromatic rings. The number of carbonyl (C=O) groups excluding carboxylic acids is 1.